The lowest BCUT2D eigenvalue weighted by Gasteiger charge is -2.31. The third-order valence-electron chi connectivity index (χ3n) is 4.39. The number of hydrogen-bond acceptors (Lipinski definition) is 4. The van der Waals surface area contributed by atoms with Crippen LogP contribution in [0.4, 0.5) is 0 Å². The van der Waals surface area contributed by atoms with Crippen molar-refractivity contribution in [2.75, 3.05) is 33.4 Å². The third kappa shape index (κ3) is 6.77. The molecule has 6 heteroatoms. The first-order chi connectivity index (χ1) is 11.2. The van der Waals surface area contributed by atoms with Gasteiger partial charge in [-0.25, -0.2) is 0 Å². The van der Waals surface area contributed by atoms with E-state index in [-0.39, 0.29) is 24.4 Å². The average molecular weight is 357 g/mol. The first kappa shape index (κ1) is 20.9. The van der Waals surface area contributed by atoms with Crippen LogP contribution >= 0.6 is 12.4 Å². The van der Waals surface area contributed by atoms with Crippen molar-refractivity contribution in [3.05, 3.63) is 35.9 Å². The molecule has 1 aromatic carbocycles. The third-order valence-corrected chi connectivity index (χ3v) is 4.39. The number of nitrogens with two attached hydrogens (primary N) is 1. The Morgan fingerprint density at radius 1 is 1.33 bits per heavy atom. The molecule has 1 aliphatic rings. The Morgan fingerprint density at radius 2 is 2.00 bits per heavy atom. The number of benzene rings is 1. The van der Waals surface area contributed by atoms with E-state index in [1.165, 1.54) is 0 Å². The van der Waals surface area contributed by atoms with Crippen molar-refractivity contribution in [3.8, 4) is 0 Å². The quantitative estimate of drug-likeness (QED) is 0.775. The molecular formula is C18H29ClN2O3. The molecule has 1 fully saturated rings. The highest BCUT2D eigenvalue weighted by molar-refractivity contribution is 5.85. The minimum Gasteiger partial charge on any atom is -0.381 e. The second-order valence-corrected chi connectivity index (χ2v) is 6.11. The molecule has 1 unspecified atom stereocenters. The summed E-state index contributed by atoms with van der Waals surface area (Å²) in [6, 6.07) is 10.1. The maximum atomic E-state index is 12.7. The van der Waals surface area contributed by atoms with Gasteiger partial charge in [-0.1, -0.05) is 30.3 Å². The summed E-state index contributed by atoms with van der Waals surface area (Å²) in [5.41, 5.74) is 6.80. The molecule has 0 aromatic heterocycles. The van der Waals surface area contributed by atoms with Gasteiger partial charge in [0.1, 0.15) is 0 Å². The zero-order valence-corrected chi connectivity index (χ0v) is 15.2. The van der Waals surface area contributed by atoms with Gasteiger partial charge in [-0.3, -0.25) is 4.79 Å². The molecule has 136 valence electrons. The van der Waals surface area contributed by atoms with Crippen molar-refractivity contribution in [1.29, 1.82) is 0 Å². The second-order valence-electron chi connectivity index (χ2n) is 6.11. The maximum Gasteiger partial charge on any atom is 0.225 e. The van der Waals surface area contributed by atoms with Gasteiger partial charge >= 0.3 is 0 Å². The molecule has 24 heavy (non-hydrogen) atoms. The smallest absolute Gasteiger partial charge is 0.225 e. The van der Waals surface area contributed by atoms with Crippen LogP contribution in [0.2, 0.25) is 0 Å². The predicted molar refractivity (Wildman–Crippen MR) is 97.1 cm³/mol. The lowest BCUT2D eigenvalue weighted by Crippen LogP contribution is -2.39. The number of amides is 1. The summed E-state index contributed by atoms with van der Waals surface area (Å²) in [5, 5.41) is 0. The van der Waals surface area contributed by atoms with Crippen LogP contribution in [0.5, 0.6) is 0 Å². The number of methoxy groups -OCH3 is 1. The number of carbonyl (C=O) groups excluding carboxylic acids is 1. The van der Waals surface area contributed by atoms with Crippen molar-refractivity contribution in [1.82, 2.24) is 4.90 Å². The average Bonchev–Trinajstić information content (AvgIpc) is 2.60. The molecule has 1 aliphatic heterocycles. The Balaban J connectivity index is 0.00000288. The predicted octanol–water partition coefficient (Wildman–Crippen LogP) is 2.23. The Morgan fingerprint density at radius 3 is 2.58 bits per heavy atom. The summed E-state index contributed by atoms with van der Waals surface area (Å²) in [6.07, 6.45) is 2.16. The van der Waals surface area contributed by atoms with E-state index < -0.39 is 0 Å². The molecule has 2 rings (SSSR count). The van der Waals surface area contributed by atoms with E-state index in [2.05, 4.69) is 12.1 Å². The van der Waals surface area contributed by atoms with Gasteiger partial charge in [0.25, 0.3) is 0 Å². The molecular weight excluding hydrogens is 328 g/mol. The van der Waals surface area contributed by atoms with Crippen molar-refractivity contribution in [3.63, 3.8) is 0 Å². The molecule has 0 spiro atoms. The van der Waals surface area contributed by atoms with Gasteiger partial charge in [0, 0.05) is 40.0 Å². The Kier molecular flexibility index (Phi) is 9.95. The zero-order chi connectivity index (χ0) is 16.5. The Labute approximate surface area is 150 Å². The topological polar surface area (TPSA) is 64.8 Å². The molecule has 0 aliphatic carbocycles. The van der Waals surface area contributed by atoms with E-state index in [9.17, 15) is 4.79 Å². The molecule has 1 heterocycles. The fraction of sp³-hybridized carbons (Fsp3) is 0.611. The minimum absolute atomic E-state index is 0. The summed E-state index contributed by atoms with van der Waals surface area (Å²) >= 11 is 0. The lowest BCUT2D eigenvalue weighted by molar-refractivity contribution is -0.135. The monoisotopic (exact) mass is 356 g/mol. The minimum atomic E-state index is -0.213. The first-order valence-electron chi connectivity index (χ1n) is 8.35. The summed E-state index contributed by atoms with van der Waals surface area (Å²) in [7, 11) is 1.60. The SMILES string of the molecule is COC(CN)CC(=O)N(Cc1ccccc1)CC1CCOCC1.Cl. The van der Waals surface area contributed by atoms with Crippen LogP contribution in [0, 0.1) is 5.92 Å². The number of nitrogens with zero attached hydrogens (tertiary/aromatic N) is 1. The molecule has 0 bridgehead atoms. The van der Waals surface area contributed by atoms with Crippen LogP contribution in [0.25, 0.3) is 0 Å². The van der Waals surface area contributed by atoms with Gasteiger partial charge in [-0.15, -0.1) is 12.4 Å². The Bertz CT molecular complexity index is 463. The number of hydrogen-bond donors (Lipinski definition) is 1. The lowest BCUT2D eigenvalue weighted by atomic mass is 9.99. The van der Waals surface area contributed by atoms with E-state index in [0.717, 1.165) is 38.2 Å². The zero-order valence-electron chi connectivity index (χ0n) is 14.4. The van der Waals surface area contributed by atoms with E-state index >= 15 is 0 Å². The molecule has 1 saturated heterocycles. The second kappa shape index (κ2) is 11.4. The van der Waals surface area contributed by atoms with Gasteiger partial charge < -0.3 is 20.1 Å². The number of rotatable bonds is 8. The van der Waals surface area contributed by atoms with E-state index in [1.54, 1.807) is 7.11 Å². The summed E-state index contributed by atoms with van der Waals surface area (Å²) in [5.74, 6) is 0.618. The first-order valence-corrected chi connectivity index (χ1v) is 8.35. The van der Waals surface area contributed by atoms with E-state index in [4.69, 9.17) is 15.2 Å². The van der Waals surface area contributed by atoms with Crippen LogP contribution in [0.15, 0.2) is 30.3 Å². The van der Waals surface area contributed by atoms with Crippen molar-refractivity contribution < 1.29 is 14.3 Å². The number of carbonyl (C=O) groups is 1. The van der Waals surface area contributed by atoms with Crippen molar-refractivity contribution >= 4 is 18.3 Å². The highest BCUT2D eigenvalue weighted by atomic mass is 35.5. The fourth-order valence-corrected chi connectivity index (χ4v) is 2.89. The molecule has 2 N–H and O–H groups in total. The molecule has 1 amide bonds. The van der Waals surface area contributed by atoms with Gasteiger partial charge in [0.05, 0.1) is 12.5 Å². The van der Waals surface area contributed by atoms with Crippen molar-refractivity contribution in [2.24, 2.45) is 11.7 Å². The standard InChI is InChI=1S/C18H28N2O3.ClH/c1-22-17(12-19)11-18(21)20(13-15-5-3-2-4-6-15)14-16-7-9-23-10-8-16;/h2-6,16-17H,7-14,19H2,1H3;1H. The Hall–Kier alpha value is -1.14. The van der Waals surface area contributed by atoms with Crippen LogP contribution in [0.3, 0.4) is 0 Å². The van der Waals surface area contributed by atoms with Gasteiger partial charge in [-0.2, -0.15) is 0 Å². The van der Waals surface area contributed by atoms with Crippen LogP contribution < -0.4 is 5.73 Å². The van der Waals surface area contributed by atoms with E-state index in [1.807, 2.05) is 23.1 Å². The highest BCUT2D eigenvalue weighted by Crippen LogP contribution is 2.18. The summed E-state index contributed by atoms with van der Waals surface area (Å²) in [4.78, 5) is 14.7. The number of ether oxygens (including phenoxy) is 2. The van der Waals surface area contributed by atoms with Crippen LogP contribution in [0.1, 0.15) is 24.8 Å². The van der Waals surface area contributed by atoms with Crippen molar-refractivity contribution in [2.45, 2.75) is 31.9 Å². The molecule has 0 radical (unpaired) electrons. The van der Waals surface area contributed by atoms with Crippen LogP contribution in [-0.2, 0) is 20.8 Å². The summed E-state index contributed by atoms with van der Waals surface area (Å²) < 4.78 is 10.7. The molecule has 5 nitrogen and oxygen atoms in total. The largest absolute Gasteiger partial charge is 0.381 e. The highest BCUT2D eigenvalue weighted by Gasteiger charge is 2.23. The fourth-order valence-electron chi connectivity index (χ4n) is 2.89. The van der Waals surface area contributed by atoms with E-state index in [0.29, 0.717) is 25.4 Å². The molecule has 1 atom stereocenters. The molecule has 1 aromatic rings. The maximum absolute atomic E-state index is 12.7. The van der Waals surface area contributed by atoms with Gasteiger partial charge in [0.15, 0.2) is 0 Å². The number of halogens is 1. The normalized spacial score (nSPS) is 16.2. The van der Waals surface area contributed by atoms with Gasteiger partial charge in [0.2, 0.25) is 5.91 Å². The summed E-state index contributed by atoms with van der Waals surface area (Å²) in [6.45, 7) is 3.36. The van der Waals surface area contributed by atoms with Gasteiger partial charge in [-0.05, 0) is 24.3 Å². The molecule has 0 saturated carbocycles. The van der Waals surface area contributed by atoms with Crippen LogP contribution in [-0.4, -0.2) is 50.3 Å².